The van der Waals surface area contributed by atoms with Crippen LogP contribution in [-0.4, -0.2) is 28.9 Å². The van der Waals surface area contributed by atoms with Gasteiger partial charge in [0.25, 0.3) is 0 Å². The minimum absolute atomic E-state index is 0.0933. The van der Waals surface area contributed by atoms with E-state index in [9.17, 15) is 4.79 Å². The maximum atomic E-state index is 12.7. The third-order valence-electron chi connectivity index (χ3n) is 5.86. The summed E-state index contributed by atoms with van der Waals surface area (Å²) >= 11 is 0. The number of carbonyl (C=O) groups is 1. The van der Waals surface area contributed by atoms with Gasteiger partial charge in [-0.25, -0.2) is 0 Å². The average Bonchev–Trinajstić information content (AvgIpc) is 2.78. The summed E-state index contributed by atoms with van der Waals surface area (Å²) in [5.74, 6) is 0.239. The second-order valence-corrected chi connectivity index (χ2v) is 8.25. The molecule has 0 bridgehead atoms. The fraction of sp³-hybridized carbons (Fsp3) is 0.308. The number of anilines is 1. The van der Waals surface area contributed by atoms with E-state index in [0.29, 0.717) is 0 Å². The van der Waals surface area contributed by atoms with E-state index in [1.807, 2.05) is 36.7 Å². The quantitative estimate of drug-likeness (QED) is 0.646. The van der Waals surface area contributed by atoms with Gasteiger partial charge in [0.1, 0.15) is 0 Å². The van der Waals surface area contributed by atoms with E-state index < -0.39 is 0 Å². The lowest BCUT2D eigenvalue weighted by molar-refractivity contribution is -0.121. The van der Waals surface area contributed by atoms with E-state index in [4.69, 9.17) is 0 Å². The number of rotatable bonds is 6. The number of nitrogens with one attached hydrogen (secondary N) is 1. The standard InChI is InChI=1S/C26H29N3O/c1-20-2-4-23(5-3-20)19-29-16-12-24(13-17-29)26(30)28-25-8-6-21(7-9-25)18-22-10-14-27-15-11-22/h2-11,14-15,24H,12-13,16-19H2,1H3,(H,28,30). The Morgan fingerprint density at radius 2 is 1.50 bits per heavy atom. The van der Waals surface area contributed by atoms with Crippen LogP contribution in [0.2, 0.25) is 0 Å². The van der Waals surface area contributed by atoms with Crippen LogP contribution in [0.5, 0.6) is 0 Å². The maximum Gasteiger partial charge on any atom is 0.227 e. The Labute approximate surface area is 179 Å². The molecule has 154 valence electrons. The Morgan fingerprint density at radius 1 is 0.900 bits per heavy atom. The van der Waals surface area contributed by atoms with Crippen molar-refractivity contribution in [1.29, 1.82) is 0 Å². The number of aryl methyl sites for hydroxylation is 1. The van der Waals surface area contributed by atoms with Gasteiger partial charge in [0.15, 0.2) is 0 Å². The van der Waals surface area contributed by atoms with Crippen molar-refractivity contribution in [2.75, 3.05) is 18.4 Å². The molecule has 0 atom stereocenters. The van der Waals surface area contributed by atoms with Crippen molar-refractivity contribution >= 4 is 11.6 Å². The van der Waals surface area contributed by atoms with Crippen LogP contribution < -0.4 is 5.32 Å². The van der Waals surface area contributed by atoms with Gasteiger partial charge in [0, 0.05) is 30.5 Å². The van der Waals surface area contributed by atoms with Gasteiger partial charge >= 0.3 is 0 Å². The highest BCUT2D eigenvalue weighted by Crippen LogP contribution is 2.22. The number of piperidine rings is 1. The van der Waals surface area contributed by atoms with Crippen LogP contribution in [0.15, 0.2) is 73.1 Å². The molecule has 4 nitrogen and oxygen atoms in total. The maximum absolute atomic E-state index is 12.7. The molecule has 30 heavy (non-hydrogen) atoms. The molecular weight excluding hydrogens is 370 g/mol. The van der Waals surface area contributed by atoms with Crippen molar-refractivity contribution in [3.05, 3.63) is 95.3 Å². The number of amides is 1. The first-order chi connectivity index (χ1) is 14.7. The van der Waals surface area contributed by atoms with Gasteiger partial charge in [-0.15, -0.1) is 0 Å². The average molecular weight is 400 g/mol. The fourth-order valence-electron chi connectivity index (χ4n) is 3.99. The number of aromatic nitrogens is 1. The molecule has 0 aliphatic carbocycles. The Kier molecular flexibility index (Phi) is 6.55. The van der Waals surface area contributed by atoms with Crippen LogP contribution in [0.3, 0.4) is 0 Å². The molecule has 1 N–H and O–H groups in total. The van der Waals surface area contributed by atoms with Crippen molar-refractivity contribution in [3.8, 4) is 0 Å². The highest BCUT2D eigenvalue weighted by Gasteiger charge is 2.25. The summed E-state index contributed by atoms with van der Waals surface area (Å²) in [6.07, 6.45) is 6.33. The molecule has 4 rings (SSSR count). The van der Waals surface area contributed by atoms with E-state index in [-0.39, 0.29) is 11.8 Å². The molecule has 0 unspecified atom stereocenters. The van der Waals surface area contributed by atoms with Gasteiger partial charge in [-0.3, -0.25) is 14.7 Å². The molecule has 2 heterocycles. The molecule has 1 saturated heterocycles. The van der Waals surface area contributed by atoms with Crippen LogP contribution in [-0.2, 0) is 17.8 Å². The lowest BCUT2D eigenvalue weighted by Gasteiger charge is -2.31. The summed E-state index contributed by atoms with van der Waals surface area (Å²) in [7, 11) is 0. The summed E-state index contributed by atoms with van der Waals surface area (Å²) in [6.45, 7) is 5.02. The summed E-state index contributed by atoms with van der Waals surface area (Å²) in [6, 6.07) is 21.0. The van der Waals surface area contributed by atoms with E-state index >= 15 is 0 Å². The highest BCUT2D eigenvalue weighted by atomic mass is 16.1. The lowest BCUT2D eigenvalue weighted by atomic mass is 9.95. The molecule has 1 fully saturated rings. The molecule has 1 amide bonds. The summed E-state index contributed by atoms with van der Waals surface area (Å²) in [4.78, 5) is 19.2. The molecule has 1 aliphatic rings. The van der Waals surface area contributed by atoms with Crippen LogP contribution >= 0.6 is 0 Å². The Balaban J connectivity index is 1.25. The summed E-state index contributed by atoms with van der Waals surface area (Å²) in [5.41, 5.74) is 5.97. The number of hydrogen-bond donors (Lipinski definition) is 1. The second kappa shape index (κ2) is 9.68. The zero-order valence-electron chi connectivity index (χ0n) is 17.6. The molecule has 4 heteroatoms. The van der Waals surface area contributed by atoms with E-state index in [0.717, 1.165) is 44.6 Å². The number of carbonyl (C=O) groups excluding carboxylic acids is 1. The monoisotopic (exact) mass is 399 g/mol. The largest absolute Gasteiger partial charge is 0.326 e. The van der Waals surface area contributed by atoms with Crippen LogP contribution in [0.4, 0.5) is 5.69 Å². The molecule has 0 saturated carbocycles. The molecule has 3 aromatic rings. The smallest absolute Gasteiger partial charge is 0.227 e. The normalized spacial score (nSPS) is 15.1. The van der Waals surface area contributed by atoms with Crippen LogP contribution in [0, 0.1) is 12.8 Å². The minimum atomic E-state index is 0.0933. The Hall–Kier alpha value is -2.98. The van der Waals surface area contributed by atoms with Crippen LogP contribution in [0.25, 0.3) is 0 Å². The zero-order chi connectivity index (χ0) is 20.8. The van der Waals surface area contributed by atoms with Crippen molar-refractivity contribution in [2.24, 2.45) is 5.92 Å². The van der Waals surface area contributed by atoms with Crippen molar-refractivity contribution < 1.29 is 4.79 Å². The van der Waals surface area contributed by atoms with Gasteiger partial charge in [-0.1, -0.05) is 42.0 Å². The molecule has 2 aromatic carbocycles. The number of benzene rings is 2. The van der Waals surface area contributed by atoms with Crippen molar-refractivity contribution in [1.82, 2.24) is 9.88 Å². The molecule has 1 aromatic heterocycles. The predicted octanol–water partition coefficient (Wildman–Crippen LogP) is 4.83. The van der Waals surface area contributed by atoms with Crippen molar-refractivity contribution in [3.63, 3.8) is 0 Å². The van der Waals surface area contributed by atoms with E-state index in [1.165, 1.54) is 22.3 Å². The summed E-state index contributed by atoms with van der Waals surface area (Å²) in [5, 5.41) is 3.11. The van der Waals surface area contributed by atoms with Crippen molar-refractivity contribution in [2.45, 2.75) is 32.7 Å². The first kappa shape index (κ1) is 20.3. The number of likely N-dealkylation sites (tertiary alicyclic amines) is 1. The minimum Gasteiger partial charge on any atom is -0.326 e. The zero-order valence-corrected chi connectivity index (χ0v) is 17.6. The topological polar surface area (TPSA) is 45.2 Å². The first-order valence-electron chi connectivity index (χ1n) is 10.7. The number of hydrogen-bond acceptors (Lipinski definition) is 3. The summed E-state index contributed by atoms with van der Waals surface area (Å²) < 4.78 is 0. The third kappa shape index (κ3) is 5.55. The van der Waals surface area contributed by atoms with E-state index in [2.05, 4.69) is 58.5 Å². The number of pyridine rings is 1. The van der Waals surface area contributed by atoms with Gasteiger partial charge in [-0.05, 0) is 80.2 Å². The molecule has 0 radical (unpaired) electrons. The molecular formula is C26H29N3O. The third-order valence-corrected chi connectivity index (χ3v) is 5.86. The lowest BCUT2D eigenvalue weighted by Crippen LogP contribution is -2.37. The van der Waals surface area contributed by atoms with Gasteiger partial charge < -0.3 is 5.32 Å². The molecule has 1 aliphatic heterocycles. The molecule has 0 spiro atoms. The van der Waals surface area contributed by atoms with Gasteiger partial charge in [-0.2, -0.15) is 0 Å². The SMILES string of the molecule is Cc1ccc(CN2CCC(C(=O)Nc3ccc(Cc4ccncc4)cc3)CC2)cc1. The van der Waals surface area contributed by atoms with Gasteiger partial charge in [0.2, 0.25) is 5.91 Å². The Morgan fingerprint density at radius 3 is 2.17 bits per heavy atom. The predicted molar refractivity (Wildman–Crippen MR) is 121 cm³/mol. The fourth-order valence-corrected chi connectivity index (χ4v) is 3.99. The van der Waals surface area contributed by atoms with Gasteiger partial charge in [0.05, 0.1) is 0 Å². The highest BCUT2D eigenvalue weighted by molar-refractivity contribution is 5.92. The Bertz CT molecular complexity index is 944. The number of nitrogens with zero attached hydrogens (tertiary/aromatic N) is 2. The first-order valence-corrected chi connectivity index (χ1v) is 10.7. The second-order valence-electron chi connectivity index (χ2n) is 8.25. The van der Waals surface area contributed by atoms with Crippen LogP contribution in [0.1, 0.15) is 35.1 Å². The van der Waals surface area contributed by atoms with E-state index in [1.54, 1.807) is 0 Å².